The van der Waals surface area contributed by atoms with E-state index in [1.807, 2.05) is 0 Å². The number of hydrogen-bond donors (Lipinski definition) is 1. The summed E-state index contributed by atoms with van der Waals surface area (Å²) in [5, 5.41) is 4.05. The van der Waals surface area contributed by atoms with Crippen LogP contribution in [0.25, 0.3) is 10.2 Å². The highest BCUT2D eigenvalue weighted by Crippen LogP contribution is 2.29. The fourth-order valence-electron chi connectivity index (χ4n) is 3.37. The summed E-state index contributed by atoms with van der Waals surface area (Å²) in [5.41, 5.74) is 1.11. The number of rotatable bonds is 2. The average Bonchev–Trinajstić information content (AvgIpc) is 3.02. The van der Waals surface area contributed by atoms with Crippen molar-refractivity contribution in [2.45, 2.75) is 25.9 Å². The maximum atomic E-state index is 12.8. The lowest BCUT2D eigenvalue weighted by atomic mass is 10.1. The number of fused-ring (bicyclic) bond motifs is 3. The molecule has 9 heteroatoms. The molecular formula is C14H18ClN3O3S2. The van der Waals surface area contributed by atoms with Crippen molar-refractivity contribution in [2.75, 3.05) is 18.1 Å². The van der Waals surface area contributed by atoms with Crippen LogP contribution in [-0.2, 0) is 29.3 Å². The third-order valence-corrected chi connectivity index (χ3v) is 7.46. The first-order valence-corrected chi connectivity index (χ1v) is 10.1. The van der Waals surface area contributed by atoms with Crippen LogP contribution in [-0.4, -0.2) is 36.0 Å². The zero-order chi connectivity index (χ0) is 15.3. The molecule has 0 aromatic carbocycles. The molecule has 0 saturated carbocycles. The van der Waals surface area contributed by atoms with Gasteiger partial charge in [0.25, 0.3) is 5.56 Å². The van der Waals surface area contributed by atoms with Crippen LogP contribution in [0, 0.1) is 5.92 Å². The molecule has 6 nitrogen and oxygen atoms in total. The first-order valence-electron chi connectivity index (χ1n) is 7.44. The fraction of sp³-hybridized carbons (Fsp3) is 0.571. The normalized spacial score (nSPS) is 22.7. The molecule has 126 valence electrons. The van der Waals surface area contributed by atoms with Crippen molar-refractivity contribution in [3.05, 3.63) is 27.1 Å². The van der Waals surface area contributed by atoms with E-state index in [0.29, 0.717) is 13.0 Å². The molecule has 1 fully saturated rings. The number of nitrogens with zero attached hydrogens (tertiary/aromatic N) is 2. The molecule has 23 heavy (non-hydrogen) atoms. The fourth-order valence-corrected chi connectivity index (χ4v) is 6.37. The van der Waals surface area contributed by atoms with E-state index in [1.165, 1.54) is 4.88 Å². The molecule has 1 unspecified atom stereocenters. The van der Waals surface area contributed by atoms with Gasteiger partial charge in [0, 0.05) is 18.0 Å². The highest BCUT2D eigenvalue weighted by Gasteiger charge is 2.29. The van der Waals surface area contributed by atoms with Crippen molar-refractivity contribution in [3.8, 4) is 0 Å². The minimum atomic E-state index is -2.92. The second-order valence-electron chi connectivity index (χ2n) is 6.08. The molecule has 2 aliphatic heterocycles. The first-order chi connectivity index (χ1) is 10.5. The number of halogens is 1. The Balaban J connectivity index is 0.00000156. The Morgan fingerprint density at radius 3 is 3.00 bits per heavy atom. The summed E-state index contributed by atoms with van der Waals surface area (Å²) in [7, 11) is -2.92. The third-order valence-electron chi connectivity index (χ3n) is 4.48. The smallest absolute Gasteiger partial charge is 0.262 e. The Morgan fingerprint density at radius 1 is 1.43 bits per heavy atom. The Labute approximate surface area is 144 Å². The molecule has 0 radical (unpaired) electrons. The molecule has 2 aliphatic rings. The van der Waals surface area contributed by atoms with Gasteiger partial charge in [0.05, 0.1) is 23.2 Å². The van der Waals surface area contributed by atoms with Gasteiger partial charge in [-0.05, 0) is 30.9 Å². The summed E-state index contributed by atoms with van der Waals surface area (Å²) in [5.74, 6) is 0.447. The average molecular weight is 376 g/mol. The Hall–Kier alpha value is -0.960. The molecule has 4 heterocycles. The maximum absolute atomic E-state index is 12.8. The lowest BCUT2D eigenvalue weighted by Gasteiger charge is -2.13. The van der Waals surface area contributed by atoms with Gasteiger partial charge in [-0.2, -0.15) is 0 Å². The van der Waals surface area contributed by atoms with Gasteiger partial charge in [-0.3, -0.25) is 9.36 Å². The Bertz CT molecular complexity index is 904. The van der Waals surface area contributed by atoms with E-state index >= 15 is 0 Å². The van der Waals surface area contributed by atoms with Crippen molar-refractivity contribution < 1.29 is 8.42 Å². The van der Waals surface area contributed by atoms with Crippen LogP contribution >= 0.6 is 23.7 Å². The molecule has 2 aromatic rings. The second-order valence-corrected chi connectivity index (χ2v) is 9.39. The van der Waals surface area contributed by atoms with Gasteiger partial charge in [-0.25, -0.2) is 13.4 Å². The summed E-state index contributed by atoms with van der Waals surface area (Å²) < 4.78 is 24.7. The molecule has 4 rings (SSSR count). The first kappa shape index (κ1) is 16.9. The predicted molar refractivity (Wildman–Crippen MR) is 93.3 cm³/mol. The van der Waals surface area contributed by atoms with Gasteiger partial charge in [0.15, 0.2) is 9.84 Å². The van der Waals surface area contributed by atoms with Crippen LogP contribution in [0.2, 0.25) is 0 Å². The van der Waals surface area contributed by atoms with Gasteiger partial charge in [-0.15, -0.1) is 23.7 Å². The van der Waals surface area contributed by atoms with Crippen LogP contribution in [0.5, 0.6) is 0 Å². The van der Waals surface area contributed by atoms with Crippen LogP contribution in [0.3, 0.4) is 0 Å². The van der Waals surface area contributed by atoms with Crippen LogP contribution in [0.4, 0.5) is 0 Å². The van der Waals surface area contributed by atoms with Crippen LogP contribution in [0.1, 0.15) is 16.9 Å². The van der Waals surface area contributed by atoms with Crippen molar-refractivity contribution in [2.24, 2.45) is 5.92 Å². The van der Waals surface area contributed by atoms with E-state index in [0.717, 1.165) is 35.3 Å². The van der Waals surface area contributed by atoms with E-state index in [2.05, 4.69) is 10.3 Å². The SMILES string of the molecule is Cl.O=c1c2c3c(sc2ncn1CC1CCS(=O)(=O)C1)CNCC3. The van der Waals surface area contributed by atoms with E-state index < -0.39 is 9.84 Å². The Kier molecular flexibility index (Phi) is 4.52. The summed E-state index contributed by atoms with van der Waals surface area (Å²) in [6, 6.07) is 0. The highest BCUT2D eigenvalue weighted by atomic mass is 35.5. The molecule has 1 N–H and O–H groups in total. The third kappa shape index (κ3) is 3.05. The van der Waals surface area contributed by atoms with Crippen LogP contribution in [0.15, 0.2) is 11.1 Å². The number of hydrogen-bond acceptors (Lipinski definition) is 6. The van der Waals surface area contributed by atoms with Gasteiger partial charge >= 0.3 is 0 Å². The van der Waals surface area contributed by atoms with Gasteiger partial charge in [-0.1, -0.05) is 0 Å². The molecule has 2 aromatic heterocycles. The lowest BCUT2D eigenvalue weighted by Crippen LogP contribution is -2.27. The molecule has 0 amide bonds. The van der Waals surface area contributed by atoms with Gasteiger partial charge in [0.1, 0.15) is 4.83 Å². The topological polar surface area (TPSA) is 81.1 Å². The zero-order valence-electron chi connectivity index (χ0n) is 12.4. The summed E-state index contributed by atoms with van der Waals surface area (Å²) >= 11 is 1.58. The van der Waals surface area contributed by atoms with Gasteiger partial charge in [0.2, 0.25) is 0 Å². The van der Waals surface area contributed by atoms with Crippen molar-refractivity contribution >= 4 is 43.8 Å². The predicted octanol–water partition coefficient (Wildman–Crippen LogP) is 0.960. The number of sulfone groups is 1. The molecule has 0 bridgehead atoms. The van der Waals surface area contributed by atoms with Crippen molar-refractivity contribution in [1.29, 1.82) is 0 Å². The van der Waals surface area contributed by atoms with Crippen molar-refractivity contribution in [3.63, 3.8) is 0 Å². The summed E-state index contributed by atoms with van der Waals surface area (Å²) in [6.07, 6.45) is 3.07. The van der Waals surface area contributed by atoms with E-state index in [9.17, 15) is 13.2 Å². The Morgan fingerprint density at radius 2 is 2.26 bits per heavy atom. The highest BCUT2D eigenvalue weighted by molar-refractivity contribution is 7.91. The van der Waals surface area contributed by atoms with E-state index in [-0.39, 0.29) is 35.4 Å². The quantitative estimate of drug-likeness (QED) is 0.845. The van der Waals surface area contributed by atoms with E-state index in [4.69, 9.17) is 0 Å². The minimum absolute atomic E-state index is 0. The largest absolute Gasteiger partial charge is 0.312 e. The summed E-state index contributed by atoms with van der Waals surface area (Å²) in [6.45, 7) is 2.13. The molecule has 0 spiro atoms. The molecular weight excluding hydrogens is 358 g/mol. The summed E-state index contributed by atoms with van der Waals surface area (Å²) in [4.78, 5) is 19.2. The lowest BCUT2D eigenvalue weighted by molar-refractivity contribution is 0.479. The zero-order valence-corrected chi connectivity index (χ0v) is 14.9. The molecule has 0 aliphatic carbocycles. The standard InChI is InChI=1S/C14H17N3O3S2.ClH/c18-14-12-10-1-3-15-5-11(10)21-13(12)16-8-17(14)6-9-2-4-22(19,20)7-9;/h8-9,15H,1-7H2;1H. The van der Waals surface area contributed by atoms with E-state index in [1.54, 1.807) is 22.2 Å². The number of thiophene rings is 1. The maximum Gasteiger partial charge on any atom is 0.262 e. The second kappa shape index (κ2) is 6.16. The number of nitrogens with one attached hydrogen (secondary N) is 1. The molecule has 1 atom stereocenters. The van der Waals surface area contributed by atoms with Crippen molar-refractivity contribution in [1.82, 2.24) is 14.9 Å². The van der Waals surface area contributed by atoms with Gasteiger partial charge < -0.3 is 5.32 Å². The molecule has 1 saturated heterocycles. The number of aromatic nitrogens is 2. The van der Waals surface area contributed by atoms with Crippen LogP contribution < -0.4 is 10.9 Å². The minimum Gasteiger partial charge on any atom is -0.312 e. The monoisotopic (exact) mass is 375 g/mol.